The molecule has 256 valence electrons. The smallest absolute Gasteiger partial charge is 0.339 e. The van der Waals surface area contributed by atoms with Crippen molar-refractivity contribution in [2.45, 2.75) is 106 Å². The number of aliphatic hydroxyl groups is 1. The van der Waals surface area contributed by atoms with Gasteiger partial charge in [0, 0.05) is 17.3 Å². The van der Waals surface area contributed by atoms with Crippen LogP contribution >= 0.6 is 67.8 Å². The molecule has 1 aromatic carbocycles. The number of unbranched alkanes of at least 4 members (excludes halogenated alkanes) is 3. The molecule has 0 amide bonds. The number of ether oxygens (including phenoxy) is 4. The fraction of sp³-hybridized carbons (Fsp3) is 0.697. The fourth-order valence-electron chi connectivity index (χ4n) is 5.01. The lowest BCUT2D eigenvalue weighted by atomic mass is 9.65. The van der Waals surface area contributed by atoms with Crippen molar-refractivity contribution in [2.24, 2.45) is 16.2 Å². The monoisotopic (exact) mass is 970 g/mol. The van der Waals surface area contributed by atoms with Gasteiger partial charge in [-0.2, -0.15) is 0 Å². The molecule has 0 saturated carbocycles. The van der Waals surface area contributed by atoms with Gasteiger partial charge in [-0.05, 0) is 167 Å². The van der Waals surface area contributed by atoms with Gasteiger partial charge in [0.05, 0.1) is 28.4 Å². The maximum atomic E-state index is 13.7. The van der Waals surface area contributed by atoms with Crippen LogP contribution < -0.4 is 0 Å². The normalized spacial score (nSPS) is 14.6. The van der Waals surface area contributed by atoms with E-state index >= 15 is 0 Å². The molecular formula is C33H49I3O9. The maximum Gasteiger partial charge on any atom is 0.339 e. The zero-order chi connectivity index (χ0) is 34.6. The Hall–Kier alpha value is -0.750. The van der Waals surface area contributed by atoms with E-state index in [1.165, 1.54) is 0 Å². The Bertz CT molecular complexity index is 1180. The Morgan fingerprint density at radius 1 is 0.711 bits per heavy atom. The molecule has 2 atom stereocenters. The van der Waals surface area contributed by atoms with Gasteiger partial charge in [-0.1, -0.05) is 13.3 Å². The minimum absolute atomic E-state index is 0.0704. The average molecular weight is 970 g/mol. The van der Waals surface area contributed by atoms with Crippen molar-refractivity contribution in [3.05, 3.63) is 28.4 Å². The van der Waals surface area contributed by atoms with Crippen molar-refractivity contribution >= 4 is 91.6 Å². The predicted molar refractivity (Wildman–Crippen MR) is 198 cm³/mol. The van der Waals surface area contributed by atoms with E-state index in [2.05, 4.69) is 67.8 Å². The summed E-state index contributed by atoms with van der Waals surface area (Å²) in [6.07, 6.45) is 3.61. The van der Waals surface area contributed by atoms with Crippen molar-refractivity contribution < 1.29 is 43.2 Å². The lowest BCUT2D eigenvalue weighted by Crippen LogP contribution is -2.46. The molecule has 12 heteroatoms. The van der Waals surface area contributed by atoms with E-state index in [1.54, 1.807) is 54.5 Å². The number of hydrogen-bond donors (Lipinski definition) is 1. The van der Waals surface area contributed by atoms with E-state index < -0.39 is 45.7 Å². The summed E-state index contributed by atoms with van der Waals surface area (Å²) < 4.78 is 25.0. The van der Waals surface area contributed by atoms with E-state index in [0.717, 1.165) is 23.6 Å². The van der Waals surface area contributed by atoms with E-state index in [-0.39, 0.29) is 39.3 Å². The number of carbonyl (C=O) groups is 4. The van der Waals surface area contributed by atoms with Crippen LogP contribution in [-0.2, 0) is 33.3 Å². The highest BCUT2D eigenvalue weighted by molar-refractivity contribution is 14.1. The van der Waals surface area contributed by atoms with Gasteiger partial charge < -0.3 is 24.1 Å². The van der Waals surface area contributed by atoms with Gasteiger partial charge in [-0.15, -0.1) is 0 Å². The molecule has 0 saturated heterocycles. The second kappa shape index (κ2) is 18.7. The number of benzene rings is 1. The van der Waals surface area contributed by atoms with Crippen LogP contribution in [-0.4, -0.2) is 61.0 Å². The summed E-state index contributed by atoms with van der Waals surface area (Å²) in [6.45, 7) is 14.2. The highest BCUT2D eigenvalue weighted by atomic mass is 127. The molecule has 9 nitrogen and oxygen atoms in total. The Balaban J connectivity index is 3.02. The minimum Gasteiger partial charge on any atom is -0.465 e. The van der Waals surface area contributed by atoms with Gasteiger partial charge in [-0.3, -0.25) is 14.4 Å². The van der Waals surface area contributed by atoms with Crippen LogP contribution in [0.15, 0.2) is 12.1 Å². The quantitative estimate of drug-likeness (QED) is 0.0515. The first-order valence-electron chi connectivity index (χ1n) is 15.2. The number of aliphatic hydroxyl groups excluding tert-OH is 1. The van der Waals surface area contributed by atoms with Gasteiger partial charge in [0.1, 0.15) is 18.8 Å². The van der Waals surface area contributed by atoms with Crippen LogP contribution in [0, 0.1) is 27.0 Å². The molecule has 1 rings (SSSR count). The van der Waals surface area contributed by atoms with E-state index in [1.807, 2.05) is 13.0 Å². The number of rotatable bonds is 18. The standard InChI is InChI=1S/C33H49I3O9/c1-9-32(7,28(40)44-17-16-42-26(38)23-18-22(34)19-24(35)25(23)36)21-33(8,29(41)45-30(2,3)4)20-31(5,6)27(39)43-15-13-11-10-12-14-37/h18-19,37H,9-17,20-21H2,1-8H3. The molecule has 0 aliphatic carbocycles. The van der Waals surface area contributed by atoms with Crippen molar-refractivity contribution in [2.75, 3.05) is 26.4 Å². The molecule has 0 fully saturated rings. The Kier molecular flexibility index (Phi) is 17.6. The molecule has 0 radical (unpaired) electrons. The Labute approximate surface area is 309 Å². The third-order valence-corrected chi connectivity index (χ3v) is 11.0. The summed E-state index contributed by atoms with van der Waals surface area (Å²) in [7, 11) is 0. The highest BCUT2D eigenvalue weighted by Gasteiger charge is 2.50. The lowest BCUT2D eigenvalue weighted by molar-refractivity contribution is -0.176. The van der Waals surface area contributed by atoms with Crippen LogP contribution in [0.3, 0.4) is 0 Å². The number of halogens is 3. The molecule has 0 aliphatic rings. The Morgan fingerprint density at radius 2 is 1.29 bits per heavy atom. The Morgan fingerprint density at radius 3 is 1.87 bits per heavy atom. The lowest BCUT2D eigenvalue weighted by Gasteiger charge is -2.40. The summed E-state index contributed by atoms with van der Waals surface area (Å²) in [5, 5.41) is 8.94. The van der Waals surface area contributed by atoms with Crippen LogP contribution in [0.5, 0.6) is 0 Å². The third kappa shape index (κ3) is 14.1. The number of esters is 4. The average Bonchev–Trinajstić information content (AvgIpc) is 2.93. The van der Waals surface area contributed by atoms with Crippen molar-refractivity contribution in [3.63, 3.8) is 0 Å². The van der Waals surface area contributed by atoms with Gasteiger partial charge in [0.2, 0.25) is 0 Å². The summed E-state index contributed by atoms with van der Waals surface area (Å²) >= 11 is 6.41. The minimum atomic E-state index is -1.23. The zero-order valence-electron chi connectivity index (χ0n) is 27.8. The van der Waals surface area contributed by atoms with E-state index in [0.29, 0.717) is 24.8 Å². The number of hydrogen-bond acceptors (Lipinski definition) is 9. The topological polar surface area (TPSA) is 125 Å². The van der Waals surface area contributed by atoms with Crippen LogP contribution in [0.1, 0.15) is 111 Å². The molecular weight excluding hydrogens is 921 g/mol. The van der Waals surface area contributed by atoms with Gasteiger partial charge in [0.15, 0.2) is 0 Å². The molecule has 0 spiro atoms. The maximum absolute atomic E-state index is 13.7. The molecule has 45 heavy (non-hydrogen) atoms. The molecule has 1 N–H and O–H groups in total. The SMILES string of the molecule is CCC(C)(CC(C)(CC(C)(C)C(=O)OCCCCCCO)C(=O)OC(C)(C)C)C(=O)OCCOC(=O)c1cc(I)cc(I)c1I. The number of carbonyl (C=O) groups excluding carboxylic acids is 4. The van der Waals surface area contributed by atoms with Gasteiger partial charge in [0.25, 0.3) is 0 Å². The third-order valence-electron chi connectivity index (χ3n) is 7.38. The van der Waals surface area contributed by atoms with Gasteiger partial charge >= 0.3 is 23.9 Å². The van der Waals surface area contributed by atoms with Crippen LogP contribution in [0.2, 0.25) is 0 Å². The summed E-state index contributed by atoms with van der Waals surface area (Å²) in [5.74, 6) is -1.97. The van der Waals surface area contributed by atoms with Crippen molar-refractivity contribution in [1.29, 1.82) is 0 Å². The predicted octanol–water partition coefficient (Wildman–Crippen LogP) is 7.87. The second-order valence-corrected chi connectivity index (χ2v) is 17.0. The molecule has 0 bridgehead atoms. The van der Waals surface area contributed by atoms with E-state index in [4.69, 9.17) is 24.1 Å². The van der Waals surface area contributed by atoms with Gasteiger partial charge in [-0.25, -0.2) is 4.79 Å². The summed E-state index contributed by atoms with van der Waals surface area (Å²) in [4.78, 5) is 53.0. The summed E-state index contributed by atoms with van der Waals surface area (Å²) in [6, 6.07) is 3.71. The molecule has 0 heterocycles. The first kappa shape index (κ1) is 42.3. The first-order chi connectivity index (χ1) is 20.7. The highest BCUT2D eigenvalue weighted by Crippen LogP contribution is 2.46. The molecule has 0 aromatic heterocycles. The van der Waals surface area contributed by atoms with Crippen LogP contribution in [0.25, 0.3) is 0 Å². The largest absolute Gasteiger partial charge is 0.465 e. The fourth-order valence-corrected chi connectivity index (χ4v) is 7.39. The first-order valence-corrected chi connectivity index (χ1v) is 18.5. The van der Waals surface area contributed by atoms with Crippen molar-refractivity contribution in [3.8, 4) is 0 Å². The molecule has 2 unspecified atom stereocenters. The summed E-state index contributed by atoms with van der Waals surface area (Å²) in [5.41, 5.74) is -3.70. The van der Waals surface area contributed by atoms with E-state index in [9.17, 15) is 19.2 Å². The molecule has 1 aromatic rings. The zero-order valence-corrected chi connectivity index (χ0v) is 34.3. The second-order valence-electron chi connectivity index (χ2n) is 13.5. The molecule has 0 aliphatic heterocycles. The van der Waals surface area contributed by atoms with Crippen LogP contribution in [0.4, 0.5) is 0 Å². The van der Waals surface area contributed by atoms with Crippen molar-refractivity contribution in [1.82, 2.24) is 0 Å².